The standard InChI is InChI=1S/C21H24ClN3O3/c22-18-7-8-19(17-4-2-1-3-16(17)18)28-14-21(27)25-11-9-24(10-12-25)13-20(26)23-15-5-6-15/h1-4,7-8,15H,5-6,9-14H2,(H,23,26)/p+1. The summed E-state index contributed by atoms with van der Waals surface area (Å²) >= 11 is 6.23. The van der Waals surface area contributed by atoms with Gasteiger partial charge in [0.05, 0.1) is 26.2 Å². The minimum absolute atomic E-state index is 0.00310. The molecule has 0 unspecified atom stereocenters. The number of amides is 2. The molecule has 1 aliphatic heterocycles. The molecule has 148 valence electrons. The van der Waals surface area contributed by atoms with E-state index in [-0.39, 0.29) is 18.4 Å². The molecule has 7 heteroatoms. The third-order valence-electron chi connectivity index (χ3n) is 5.36. The largest absolute Gasteiger partial charge is 0.483 e. The molecule has 2 amide bonds. The zero-order valence-corrected chi connectivity index (χ0v) is 16.5. The van der Waals surface area contributed by atoms with Crippen LogP contribution < -0.4 is 15.0 Å². The van der Waals surface area contributed by atoms with E-state index < -0.39 is 0 Å². The van der Waals surface area contributed by atoms with Gasteiger partial charge in [-0.05, 0) is 25.0 Å². The van der Waals surface area contributed by atoms with E-state index in [4.69, 9.17) is 16.3 Å². The Bertz CT molecular complexity index is 876. The lowest BCUT2D eigenvalue weighted by Crippen LogP contribution is -3.15. The molecule has 1 aliphatic carbocycles. The minimum Gasteiger partial charge on any atom is -0.483 e. The van der Waals surface area contributed by atoms with Gasteiger partial charge in [0.1, 0.15) is 5.75 Å². The Kier molecular flexibility index (Phi) is 5.69. The molecule has 28 heavy (non-hydrogen) atoms. The molecule has 0 bridgehead atoms. The molecule has 0 atom stereocenters. The average molecular weight is 403 g/mol. The normalized spacial score (nSPS) is 17.5. The molecular weight excluding hydrogens is 378 g/mol. The van der Waals surface area contributed by atoms with E-state index in [9.17, 15) is 9.59 Å². The van der Waals surface area contributed by atoms with Gasteiger partial charge < -0.3 is 19.9 Å². The summed E-state index contributed by atoms with van der Waals surface area (Å²) in [6, 6.07) is 11.7. The van der Waals surface area contributed by atoms with Crippen LogP contribution in [0.25, 0.3) is 10.8 Å². The van der Waals surface area contributed by atoms with Crippen molar-refractivity contribution in [3.8, 4) is 5.75 Å². The third kappa shape index (κ3) is 4.56. The van der Waals surface area contributed by atoms with E-state index in [2.05, 4.69) is 5.32 Å². The lowest BCUT2D eigenvalue weighted by atomic mass is 10.1. The van der Waals surface area contributed by atoms with Gasteiger partial charge in [-0.1, -0.05) is 35.9 Å². The van der Waals surface area contributed by atoms with Gasteiger partial charge in [-0.15, -0.1) is 0 Å². The van der Waals surface area contributed by atoms with Crippen molar-refractivity contribution in [2.24, 2.45) is 0 Å². The van der Waals surface area contributed by atoms with E-state index in [0.29, 0.717) is 36.4 Å². The number of carbonyl (C=O) groups is 2. The van der Waals surface area contributed by atoms with Crippen LogP contribution in [0.5, 0.6) is 5.75 Å². The summed E-state index contributed by atoms with van der Waals surface area (Å²) in [5.74, 6) is 0.755. The highest BCUT2D eigenvalue weighted by Crippen LogP contribution is 2.31. The van der Waals surface area contributed by atoms with Crippen LogP contribution in [0.2, 0.25) is 5.02 Å². The molecule has 1 saturated heterocycles. The molecule has 2 aliphatic rings. The van der Waals surface area contributed by atoms with Gasteiger partial charge in [0.15, 0.2) is 13.2 Å². The van der Waals surface area contributed by atoms with Crippen molar-refractivity contribution >= 4 is 34.2 Å². The smallest absolute Gasteiger partial charge is 0.275 e. The van der Waals surface area contributed by atoms with Crippen LogP contribution in [0.4, 0.5) is 0 Å². The van der Waals surface area contributed by atoms with Crippen molar-refractivity contribution in [2.45, 2.75) is 18.9 Å². The Labute approximate surface area is 169 Å². The fraction of sp³-hybridized carbons (Fsp3) is 0.429. The zero-order valence-electron chi connectivity index (χ0n) is 15.7. The van der Waals surface area contributed by atoms with Crippen LogP contribution in [0, 0.1) is 0 Å². The number of rotatable bonds is 6. The van der Waals surface area contributed by atoms with Crippen molar-refractivity contribution in [3.05, 3.63) is 41.4 Å². The molecule has 1 heterocycles. The first kappa shape index (κ1) is 19.0. The van der Waals surface area contributed by atoms with Crippen molar-refractivity contribution in [1.29, 1.82) is 0 Å². The molecule has 0 aromatic heterocycles. The van der Waals surface area contributed by atoms with Crippen molar-refractivity contribution in [3.63, 3.8) is 0 Å². The van der Waals surface area contributed by atoms with E-state index in [1.807, 2.05) is 29.2 Å². The molecule has 2 aromatic rings. The van der Waals surface area contributed by atoms with Crippen molar-refractivity contribution < 1.29 is 19.2 Å². The van der Waals surface area contributed by atoms with Crippen LogP contribution >= 0.6 is 11.6 Å². The summed E-state index contributed by atoms with van der Waals surface area (Å²) in [5, 5.41) is 5.50. The van der Waals surface area contributed by atoms with E-state index >= 15 is 0 Å². The number of hydrogen-bond donors (Lipinski definition) is 2. The van der Waals surface area contributed by atoms with E-state index in [0.717, 1.165) is 36.7 Å². The minimum atomic E-state index is -0.0273. The molecule has 2 N–H and O–H groups in total. The molecule has 6 nitrogen and oxygen atoms in total. The summed E-state index contributed by atoms with van der Waals surface area (Å²) in [4.78, 5) is 27.5. The van der Waals surface area contributed by atoms with Crippen LogP contribution in [0.1, 0.15) is 12.8 Å². The molecule has 0 radical (unpaired) electrons. The summed E-state index contributed by atoms with van der Waals surface area (Å²) in [7, 11) is 0. The van der Waals surface area contributed by atoms with Gasteiger partial charge >= 0.3 is 0 Å². The maximum atomic E-state index is 12.5. The molecule has 0 spiro atoms. The number of ether oxygens (including phenoxy) is 1. The first-order chi connectivity index (χ1) is 13.6. The second kappa shape index (κ2) is 8.37. The quantitative estimate of drug-likeness (QED) is 0.754. The monoisotopic (exact) mass is 402 g/mol. The van der Waals surface area contributed by atoms with Gasteiger partial charge in [0, 0.05) is 21.8 Å². The highest BCUT2D eigenvalue weighted by Gasteiger charge is 2.28. The number of quaternary nitrogens is 1. The number of halogens is 1. The van der Waals surface area contributed by atoms with Crippen LogP contribution in [-0.4, -0.2) is 62.1 Å². The SMILES string of the molecule is O=C(C[NH+]1CCN(C(=O)COc2ccc(Cl)c3ccccc23)CC1)NC1CC1. The molecule has 2 aromatic carbocycles. The Morgan fingerprint density at radius 2 is 1.82 bits per heavy atom. The maximum absolute atomic E-state index is 12.5. The number of fused-ring (bicyclic) bond motifs is 1. The topological polar surface area (TPSA) is 63.1 Å². The van der Waals surface area contributed by atoms with Gasteiger partial charge in [-0.25, -0.2) is 0 Å². The predicted octanol–water partition coefficient (Wildman–Crippen LogP) is 0.878. The Morgan fingerprint density at radius 1 is 1.11 bits per heavy atom. The number of nitrogens with one attached hydrogen (secondary N) is 2. The summed E-state index contributed by atoms with van der Waals surface area (Å²) < 4.78 is 5.81. The third-order valence-corrected chi connectivity index (χ3v) is 5.69. The van der Waals surface area contributed by atoms with Crippen LogP contribution in [0.15, 0.2) is 36.4 Å². The molecule has 1 saturated carbocycles. The van der Waals surface area contributed by atoms with Gasteiger partial charge in [-0.3, -0.25) is 9.59 Å². The summed E-state index contributed by atoms with van der Waals surface area (Å²) in [6.45, 7) is 3.36. The first-order valence-electron chi connectivity index (χ1n) is 9.81. The van der Waals surface area contributed by atoms with Crippen molar-refractivity contribution in [1.82, 2.24) is 10.2 Å². The second-order valence-corrected chi connectivity index (χ2v) is 7.94. The van der Waals surface area contributed by atoms with Crippen molar-refractivity contribution in [2.75, 3.05) is 39.3 Å². The molecule has 2 fully saturated rings. The lowest BCUT2D eigenvalue weighted by Gasteiger charge is -2.31. The van der Waals surface area contributed by atoms with E-state index in [1.54, 1.807) is 12.1 Å². The number of carbonyl (C=O) groups excluding carboxylic acids is 2. The summed E-state index contributed by atoms with van der Waals surface area (Å²) in [6.07, 6.45) is 2.21. The maximum Gasteiger partial charge on any atom is 0.275 e. The Hall–Kier alpha value is -2.31. The first-order valence-corrected chi connectivity index (χ1v) is 10.2. The average Bonchev–Trinajstić information content (AvgIpc) is 3.52. The number of nitrogens with zero attached hydrogens (tertiary/aromatic N) is 1. The second-order valence-electron chi connectivity index (χ2n) is 7.53. The fourth-order valence-corrected chi connectivity index (χ4v) is 3.80. The van der Waals surface area contributed by atoms with Crippen LogP contribution in [0.3, 0.4) is 0 Å². The molecule has 4 rings (SSSR count). The Morgan fingerprint density at radius 3 is 2.54 bits per heavy atom. The van der Waals surface area contributed by atoms with E-state index in [1.165, 1.54) is 4.90 Å². The summed E-state index contributed by atoms with van der Waals surface area (Å²) in [5.41, 5.74) is 0. The predicted molar refractivity (Wildman–Crippen MR) is 108 cm³/mol. The lowest BCUT2D eigenvalue weighted by molar-refractivity contribution is -0.896. The fourth-order valence-electron chi connectivity index (χ4n) is 3.57. The zero-order chi connectivity index (χ0) is 19.5. The highest BCUT2D eigenvalue weighted by atomic mass is 35.5. The Balaban J connectivity index is 1.27. The van der Waals surface area contributed by atoms with Gasteiger partial charge in [0.25, 0.3) is 11.8 Å². The number of benzene rings is 2. The van der Waals surface area contributed by atoms with Gasteiger partial charge in [0.2, 0.25) is 0 Å². The number of hydrogen-bond acceptors (Lipinski definition) is 3. The van der Waals surface area contributed by atoms with Crippen LogP contribution in [-0.2, 0) is 9.59 Å². The molecular formula is C21H25ClN3O3+. The highest BCUT2D eigenvalue weighted by molar-refractivity contribution is 6.35. The number of piperazine rings is 1. The van der Waals surface area contributed by atoms with Gasteiger partial charge in [-0.2, -0.15) is 0 Å².